The van der Waals surface area contributed by atoms with Gasteiger partial charge < -0.3 is 0 Å². The molecule has 2 aromatic carbocycles. The van der Waals surface area contributed by atoms with E-state index in [2.05, 4.69) is 64.7 Å². The van der Waals surface area contributed by atoms with E-state index in [0.717, 1.165) is 16.5 Å². The van der Waals surface area contributed by atoms with Gasteiger partial charge in [-0.05, 0) is 35.2 Å². The maximum Gasteiger partial charge on any atom is 0.0710 e. The molecule has 0 spiro atoms. The first-order valence-electron chi connectivity index (χ1n) is 6.05. The predicted molar refractivity (Wildman–Crippen MR) is 79.1 cm³/mol. The summed E-state index contributed by atoms with van der Waals surface area (Å²) in [5.74, 6) is 5.71. The van der Waals surface area contributed by atoms with Gasteiger partial charge in [-0.2, -0.15) is 0 Å². The van der Waals surface area contributed by atoms with Gasteiger partial charge in [0, 0.05) is 4.47 Å². The Morgan fingerprint density at radius 3 is 2.39 bits per heavy atom. The van der Waals surface area contributed by atoms with Crippen LogP contribution in [0.3, 0.4) is 0 Å². The summed E-state index contributed by atoms with van der Waals surface area (Å²) < 4.78 is 1.06. The first kappa shape index (κ1) is 13.3. The van der Waals surface area contributed by atoms with Crippen molar-refractivity contribution in [1.29, 1.82) is 0 Å². The monoisotopic (exact) mass is 304 g/mol. The third-order valence-electron chi connectivity index (χ3n) is 3.04. The zero-order valence-electron chi connectivity index (χ0n) is 10.4. The topological polar surface area (TPSA) is 38.0 Å². The number of rotatable bonds is 4. The molecule has 3 N–H and O–H groups in total. The van der Waals surface area contributed by atoms with Crippen LogP contribution in [-0.4, -0.2) is 0 Å². The Kier molecular flexibility index (Phi) is 4.53. The quantitative estimate of drug-likeness (QED) is 0.669. The van der Waals surface area contributed by atoms with Crippen LogP contribution in [-0.2, 0) is 6.42 Å². The molecule has 18 heavy (non-hydrogen) atoms. The molecule has 2 nitrogen and oxygen atoms in total. The van der Waals surface area contributed by atoms with Crippen molar-refractivity contribution < 1.29 is 0 Å². The van der Waals surface area contributed by atoms with Crippen LogP contribution in [0.2, 0.25) is 0 Å². The predicted octanol–water partition coefficient (Wildman–Crippen LogP) is 3.56. The minimum atomic E-state index is 0.0222. The molecule has 0 aliphatic heterocycles. The smallest absolute Gasteiger partial charge is 0.0710 e. The molecule has 0 saturated heterocycles. The van der Waals surface area contributed by atoms with Crippen molar-refractivity contribution in [3.8, 4) is 0 Å². The second kappa shape index (κ2) is 6.14. The number of halogens is 1. The Labute approximate surface area is 116 Å². The molecule has 1 atom stereocenters. The molecule has 0 bridgehead atoms. The summed E-state index contributed by atoms with van der Waals surface area (Å²) >= 11 is 3.49. The van der Waals surface area contributed by atoms with Crippen LogP contribution in [0.1, 0.15) is 29.7 Å². The van der Waals surface area contributed by atoms with Crippen LogP contribution >= 0.6 is 15.9 Å². The van der Waals surface area contributed by atoms with Crippen molar-refractivity contribution in [2.24, 2.45) is 5.84 Å². The summed E-state index contributed by atoms with van der Waals surface area (Å²) in [5.41, 5.74) is 6.56. The van der Waals surface area contributed by atoms with E-state index in [-0.39, 0.29) is 6.04 Å². The molecule has 0 aliphatic rings. The Morgan fingerprint density at radius 1 is 1.11 bits per heavy atom. The highest BCUT2D eigenvalue weighted by Gasteiger charge is 2.12. The molecule has 2 aromatic rings. The molecule has 0 heterocycles. The summed E-state index contributed by atoms with van der Waals surface area (Å²) in [6, 6.07) is 16.7. The molecule has 0 aliphatic carbocycles. The number of hydrogen-bond acceptors (Lipinski definition) is 2. The number of nitrogens with two attached hydrogens (primary N) is 1. The molecule has 94 valence electrons. The standard InChI is InChI=1S/C15H17BrN2/c1-2-11-5-3-6-12(9-11)15(18-17)13-7-4-8-14(16)10-13/h3-10,15,18H,2,17H2,1H3. The van der Waals surface area contributed by atoms with E-state index < -0.39 is 0 Å². The first-order valence-corrected chi connectivity index (χ1v) is 6.84. The van der Waals surface area contributed by atoms with Crippen LogP contribution in [0.25, 0.3) is 0 Å². The molecule has 3 heteroatoms. The minimum absolute atomic E-state index is 0.0222. The maximum atomic E-state index is 5.71. The number of benzene rings is 2. The highest BCUT2D eigenvalue weighted by molar-refractivity contribution is 9.10. The molecule has 1 unspecified atom stereocenters. The Balaban J connectivity index is 2.38. The van der Waals surface area contributed by atoms with Crippen molar-refractivity contribution in [2.75, 3.05) is 0 Å². The van der Waals surface area contributed by atoms with Crippen molar-refractivity contribution in [1.82, 2.24) is 5.43 Å². The van der Waals surface area contributed by atoms with Crippen LogP contribution in [0, 0.1) is 0 Å². The first-order chi connectivity index (χ1) is 8.74. The number of nitrogens with one attached hydrogen (secondary N) is 1. The van der Waals surface area contributed by atoms with Gasteiger partial charge in [0.15, 0.2) is 0 Å². The van der Waals surface area contributed by atoms with Gasteiger partial charge >= 0.3 is 0 Å². The Morgan fingerprint density at radius 2 is 1.78 bits per heavy atom. The highest BCUT2D eigenvalue weighted by Crippen LogP contribution is 2.24. The fourth-order valence-corrected chi connectivity index (χ4v) is 2.48. The third-order valence-corrected chi connectivity index (χ3v) is 3.53. The van der Waals surface area contributed by atoms with E-state index in [1.165, 1.54) is 11.1 Å². The second-order valence-electron chi connectivity index (χ2n) is 4.25. The average molecular weight is 305 g/mol. The minimum Gasteiger partial charge on any atom is -0.271 e. The number of hydrazine groups is 1. The normalized spacial score (nSPS) is 12.4. The molecule has 0 fully saturated rings. The Bertz CT molecular complexity index is 525. The molecule has 2 rings (SSSR count). The Hall–Kier alpha value is -1.16. The average Bonchev–Trinajstić information content (AvgIpc) is 2.40. The lowest BCUT2D eigenvalue weighted by Gasteiger charge is -2.18. The summed E-state index contributed by atoms with van der Waals surface area (Å²) in [4.78, 5) is 0. The molecular weight excluding hydrogens is 288 g/mol. The van der Waals surface area contributed by atoms with E-state index in [1.54, 1.807) is 0 Å². The van der Waals surface area contributed by atoms with Crippen LogP contribution < -0.4 is 11.3 Å². The highest BCUT2D eigenvalue weighted by atomic mass is 79.9. The van der Waals surface area contributed by atoms with Gasteiger partial charge in [-0.3, -0.25) is 5.84 Å². The second-order valence-corrected chi connectivity index (χ2v) is 5.17. The summed E-state index contributed by atoms with van der Waals surface area (Å²) in [5, 5.41) is 0. The number of hydrogen-bond donors (Lipinski definition) is 2. The van der Waals surface area contributed by atoms with Crippen molar-refractivity contribution in [2.45, 2.75) is 19.4 Å². The van der Waals surface area contributed by atoms with Gasteiger partial charge in [0.25, 0.3) is 0 Å². The van der Waals surface area contributed by atoms with E-state index in [0.29, 0.717) is 0 Å². The van der Waals surface area contributed by atoms with Gasteiger partial charge in [-0.25, -0.2) is 5.43 Å². The molecule has 0 amide bonds. The fourth-order valence-electron chi connectivity index (χ4n) is 2.06. The van der Waals surface area contributed by atoms with E-state index in [4.69, 9.17) is 5.84 Å². The number of aryl methyl sites for hydroxylation is 1. The van der Waals surface area contributed by atoms with Gasteiger partial charge in [0.2, 0.25) is 0 Å². The summed E-state index contributed by atoms with van der Waals surface area (Å²) in [6.07, 6.45) is 1.03. The molecule has 0 radical (unpaired) electrons. The maximum absolute atomic E-state index is 5.71. The SMILES string of the molecule is CCc1cccc(C(NN)c2cccc(Br)c2)c1. The van der Waals surface area contributed by atoms with Crippen molar-refractivity contribution in [3.05, 3.63) is 69.7 Å². The van der Waals surface area contributed by atoms with Crippen LogP contribution in [0.15, 0.2) is 53.0 Å². The van der Waals surface area contributed by atoms with Crippen molar-refractivity contribution in [3.63, 3.8) is 0 Å². The third kappa shape index (κ3) is 2.99. The zero-order chi connectivity index (χ0) is 13.0. The summed E-state index contributed by atoms with van der Waals surface area (Å²) in [7, 11) is 0. The van der Waals surface area contributed by atoms with Gasteiger partial charge in [0.05, 0.1) is 6.04 Å². The molecule has 0 aromatic heterocycles. The summed E-state index contributed by atoms with van der Waals surface area (Å²) in [6.45, 7) is 2.16. The van der Waals surface area contributed by atoms with Gasteiger partial charge in [-0.1, -0.05) is 59.3 Å². The van der Waals surface area contributed by atoms with Crippen LogP contribution in [0.5, 0.6) is 0 Å². The van der Waals surface area contributed by atoms with Gasteiger partial charge in [-0.15, -0.1) is 0 Å². The van der Waals surface area contributed by atoms with Gasteiger partial charge in [0.1, 0.15) is 0 Å². The lowest BCUT2D eigenvalue weighted by Crippen LogP contribution is -2.28. The van der Waals surface area contributed by atoms with E-state index >= 15 is 0 Å². The van der Waals surface area contributed by atoms with Crippen molar-refractivity contribution >= 4 is 15.9 Å². The molecule has 0 saturated carbocycles. The molecular formula is C15H17BrN2. The lowest BCUT2D eigenvalue weighted by atomic mass is 9.97. The van der Waals surface area contributed by atoms with E-state index in [9.17, 15) is 0 Å². The lowest BCUT2D eigenvalue weighted by molar-refractivity contribution is 0.636. The van der Waals surface area contributed by atoms with Crippen LogP contribution in [0.4, 0.5) is 0 Å². The van der Waals surface area contributed by atoms with E-state index in [1.807, 2.05) is 12.1 Å². The fraction of sp³-hybridized carbons (Fsp3) is 0.200. The largest absolute Gasteiger partial charge is 0.271 e. The zero-order valence-corrected chi connectivity index (χ0v) is 11.9.